The molecule has 1 aliphatic heterocycles. The van der Waals surface area contributed by atoms with Crippen molar-refractivity contribution in [1.29, 1.82) is 0 Å². The molecule has 2 amide bonds. The van der Waals surface area contributed by atoms with Crippen molar-refractivity contribution in [3.63, 3.8) is 0 Å². The number of carbonyl (C=O) groups excluding carboxylic acids is 2. The van der Waals surface area contributed by atoms with Crippen LogP contribution in [-0.2, 0) is 4.79 Å². The maximum atomic E-state index is 13.4. The predicted octanol–water partition coefficient (Wildman–Crippen LogP) is 3.50. The number of benzene rings is 1. The molecule has 0 aliphatic carbocycles. The van der Waals surface area contributed by atoms with Crippen molar-refractivity contribution in [3.8, 4) is 5.69 Å². The molecule has 4 aromatic rings. The fraction of sp³-hybridized carbons (Fsp3) is 0.296. The van der Waals surface area contributed by atoms with E-state index in [0.29, 0.717) is 54.8 Å². The molecule has 0 spiro atoms. The molecule has 1 aliphatic rings. The monoisotopic (exact) mass is 501 g/mol. The molecule has 1 saturated heterocycles. The number of halogens is 1. The summed E-state index contributed by atoms with van der Waals surface area (Å²) in [5.74, 6) is 0.333. The fourth-order valence-electron chi connectivity index (χ4n) is 4.64. The Hall–Kier alpha value is -4.34. The van der Waals surface area contributed by atoms with Crippen molar-refractivity contribution in [2.45, 2.75) is 26.3 Å². The Morgan fingerprint density at radius 3 is 2.51 bits per heavy atom. The summed E-state index contributed by atoms with van der Waals surface area (Å²) in [6.07, 6.45) is 7.24. The van der Waals surface area contributed by atoms with Crippen molar-refractivity contribution < 1.29 is 14.0 Å². The maximum Gasteiger partial charge on any atom is 0.254 e. The van der Waals surface area contributed by atoms with Crippen molar-refractivity contribution in [2.75, 3.05) is 31.1 Å². The van der Waals surface area contributed by atoms with E-state index in [2.05, 4.69) is 25.3 Å². The van der Waals surface area contributed by atoms with E-state index in [0.717, 1.165) is 11.4 Å². The van der Waals surface area contributed by atoms with Crippen LogP contribution in [-0.4, -0.2) is 62.6 Å². The number of hydrogen-bond acceptors (Lipinski definition) is 6. The lowest BCUT2D eigenvalue weighted by Crippen LogP contribution is -2.48. The molecule has 1 fully saturated rings. The average molecular weight is 502 g/mol. The fourth-order valence-corrected chi connectivity index (χ4v) is 4.64. The molecule has 5 rings (SSSR count). The lowest BCUT2D eigenvalue weighted by Gasteiger charge is -2.35. The Bertz CT molecular complexity index is 1430. The number of piperazine rings is 1. The molecule has 0 bridgehead atoms. The minimum atomic E-state index is -0.332. The molecule has 1 N–H and O–H groups in total. The molecule has 0 saturated carbocycles. The highest BCUT2D eigenvalue weighted by Gasteiger charge is 2.22. The molecule has 1 aromatic carbocycles. The molecule has 1 atom stereocenters. The van der Waals surface area contributed by atoms with Crippen LogP contribution in [0.5, 0.6) is 0 Å². The van der Waals surface area contributed by atoms with Gasteiger partial charge in [-0.2, -0.15) is 5.10 Å². The molecular formula is C27H28FN7O2. The molecule has 3 aromatic heterocycles. The van der Waals surface area contributed by atoms with Crippen molar-refractivity contribution in [1.82, 2.24) is 30.0 Å². The summed E-state index contributed by atoms with van der Waals surface area (Å²) in [6.45, 7) is 6.36. The Kier molecular flexibility index (Phi) is 6.80. The van der Waals surface area contributed by atoms with Crippen LogP contribution in [0.25, 0.3) is 16.6 Å². The summed E-state index contributed by atoms with van der Waals surface area (Å²) in [6, 6.07) is 9.68. The molecule has 10 heteroatoms. The zero-order valence-electron chi connectivity index (χ0n) is 20.8. The van der Waals surface area contributed by atoms with E-state index in [1.54, 1.807) is 42.3 Å². The van der Waals surface area contributed by atoms with E-state index in [9.17, 15) is 14.0 Å². The number of rotatable bonds is 6. The number of carbonyl (C=O) groups is 2. The molecule has 37 heavy (non-hydrogen) atoms. The van der Waals surface area contributed by atoms with Crippen LogP contribution in [0.2, 0.25) is 0 Å². The van der Waals surface area contributed by atoms with Gasteiger partial charge in [-0.15, -0.1) is 0 Å². The van der Waals surface area contributed by atoms with Gasteiger partial charge in [0.1, 0.15) is 11.6 Å². The van der Waals surface area contributed by atoms with Gasteiger partial charge in [0, 0.05) is 50.9 Å². The summed E-state index contributed by atoms with van der Waals surface area (Å²) in [5, 5.41) is 8.20. The van der Waals surface area contributed by atoms with Crippen LogP contribution in [0.4, 0.5) is 10.2 Å². The third kappa shape index (κ3) is 5.00. The van der Waals surface area contributed by atoms with Gasteiger partial charge in [0.15, 0.2) is 0 Å². The molecule has 190 valence electrons. The van der Waals surface area contributed by atoms with Crippen LogP contribution >= 0.6 is 0 Å². The first kappa shape index (κ1) is 24.4. The van der Waals surface area contributed by atoms with E-state index in [-0.39, 0.29) is 23.7 Å². The zero-order valence-corrected chi connectivity index (χ0v) is 20.8. The third-order valence-electron chi connectivity index (χ3n) is 6.75. The number of amides is 2. The van der Waals surface area contributed by atoms with Gasteiger partial charge in [-0.05, 0) is 48.4 Å². The van der Waals surface area contributed by atoms with E-state index in [1.807, 2.05) is 24.0 Å². The molecule has 4 heterocycles. The molecular weight excluding hydrogens is 473 g/mol. The number of pyridine rings is 2. The Morgan fingerprint density at radius 2 is 1.81 bits per heavy atom. The SMILES string of the molecule is CCC(NC(=O)c1cncc2c1cnn2-c1ccc(F)cc1)c1ccnc(N2CCN(C(C)=O)CC2)c1. The van der Waals surface area contributed by atoms with Gasteiger partial charge in [0.05, 0.1) is 35.2 Å². The smallest absolute Gasteiger partial charge is 0.254 e. The quantitative estimate of drug-likeness (QED) is 0.435. The minimum Gasteiger partial charge on any atom is -0.353 e. The summed E-state index contributed by atoms with van der Waals surface area (Å²) in [7, 11) is 0. The lowest BCUT2D eigenvalue weighted by molar-refractivity contribution is -0.129. The van der Waals surface area contributed by atoms with Crippen molar-refractivity contribution >= 4 is 28.5 Å². The Morgan fingerprint density at radius 1 is 1.05 bits per heavy atom. The topological polar surface area (TPSA) is 96.2 Å². The average Bonchev–Trinajstić information content (AvgIpc) is 3.36. The summed E-state index contributed by atoms with van der Waals surface area (Å²) < 4.78 is 15.0. The van der Waals surface area contributed by atoms with Crippen LogP contribution in [0.3, 0.4) is 0 Å². The van der Waals surface area contributed by atoms with Crippen LogP contribution < -0.4 is 10.2 Å². The largest absolute Gasteiger partial charge is 0.353 e. The number of hydrogen-bond donors (Lipinski definition) is 1. The van der Waals surface area contributed by atoms with Gasteiger partial charge in [-0.25, -0.2) is 14.1 Å². The minimum absolute atomic E-state index is 0.0860. The van der Waals surface area contributed by atoms with Crippen LogP contribution in [0.1, 0.15) is 42.2 Å². The normalized spacial score (nSPS) is 14.6. The zero-order chi connectivity index (χ0) is 25.9. The summed E-state index contributed by atoms with van der Waals surface area (Å²) in [5.41, 5.74) is 2.70. The van der Waals surface area contributed by atoms with Gasteiger partial charge in [-0.1, -0.05) is 6.92 Å². The summed E-state index contributed by atoms with van der Waals surface area (Å²) >= 11 is 0. The van der Waals surface area contributed by atoms with Gasteiger partial charge in [0.2, 0.25) is 5.91 Å². The van der Waals surface area contributed by atoms with Gasteiger partial charge < -0.3 is 15.1 Å². The standard InChI is InChI=1S/C27H28FN7O2/c1-3-24(19-8-9-30-26(14-19)34-12-10-33(11-13-34)18(2)36)32-27(37)23-15-29-17-25-22(23)16-31-35(25)21-6-4-20(28)5-7-21/h4-9,14-17,24H,3,10-13H2,1-2H3,(H,32,37). The van der Waals surface area contributed by atoms with E-state index < -0.39 is 0 Å². The van der Waals surface area contributed by atoms with E-state index in [1.165, 1.54) is 18.3 Å². The molecule has 9 nitrogen and oxygen atoms in total. The first-order chi connectivity index (χ1) is 17.9. The second kappa shape index (κ2) is 10.3. The van der Waals surface area contributed by atoms with E-state index >= 15 is 0 Å². The lowest BCUT2D eigenvalue weighted by atomic mass is 10.0. The first-order valence-corrected chi connectivity index (χ1v) is 12.3. The second-order valence-corrected chi connectivity index (χ2v) is 9.03. The Labute approximate surface area is 213 Å². The second-order valence-electron chi connectivity index (χ2n) is 9.03. The van der Waals surface area contributed by atoms with Crippen molar-refractivity contribution in [2.24, 2.45) is 0 Å². The summed E-state index contributed by atoms with van der Waals surface area (Å²) in [4.78, 5) is 37.8. The highest BCUT2D eigenvalue weighted by atomic mass is 19.1. The number of nitrogens with zero attached hydrogens (tertiary/aromatic N) is 6. The van der Waals surface area contributed by atoms with Crippen LogP contribution in [0, 0.1) is 5.82 Å². The number of nitrogens with one attached hydrogen (secondary N) is 1. The maximum absolute atomic E-state index is 13.4. The van der Waals surface area contributed by atoms with E-state index in [4.69, 9.17) is 0 Å². The number of aromatic nitrogens is 4. The predicted molar refractivity (Wildman–Crippen MR) is 138 cm³/mol. The van der Waals surface area contributed by atoms with Crippen LogP contribution in [0.15, 0.2) is 61.2 Å². The first-order valence-electron chi connectivity index (χ1n) is 12.3. The van der Waals surface area contributed by atoms with Gasteiger partial charge >= 0.3 is 0 Å². The molecule has 1 unspecified atom stereocenters. The Balaban J connectivity index is 1.35. The third-order valence-corrected chi connectivity index (χ3v) is 6.75. The number of anilines is 1. The highest BCUT2D eigenvalue weighted by molar-refractivity contribution is 6.06. The number of fused-ring (bicyclic) bond motifs is 1. The van der Waals surface area contributed by atoms with Crippen molar-refractivity contribution in [3.05, 3.63) is 78.1 Å². The molecule has 0 radical (unpaired) electrons. The van der Waals surface area contributed by atoms with Gasteiger partial charge in [0.25, 0.3) is 5.91 Å². The van der Waals surface area contributed by atoms with Gasteiger partial charge in [-0.3, -0.25) is 14.6 Å². The highest BCUT2D eigenvalue weighted by Crippen LogP contribution is 2.25.